The smallest absolute Gasteiger partial charge is 0.274 e. The Morgan fingerprint density at radius 3 is 2.58 bits per heavy atom. The van der Waals surface area contributed by atoms with E-state index in [1.165, 1.54) is 12.1 Å². The summed E-state index contributed by atoms with van der Waals surface area (Å²) in [5.74, 6) is 0.750. The fraction of sp³-hybridized carbons (Fsp3) is 0.308. The molecule has 33 heavy (non-hydrogen) atoms. The highest BCUT2D eigenvalue weighted by atomic mass is 19.1. The van der Waals surface area contributed by atoms with Crippen molar-refractivity contribution in [2.24, 2.45) is 5.92 Å². The van der Waals surface area contributed by atoms with Crippen molar-refractivity contribution >= 4 is 11.6 Å². The fourth-order valence-electron chi connectivity index (χ4n) is 4.84. The molecule has 5 rings (SSSR count). The number of carbonyl (C=O) groups excluding carboxylic acids is 1. The van der Waals surface area contributed by atoms with E-state index in [-0.39, 0.29) is 35.7 Å². The summed E-state index contributed by atoms with van der Waals surface area (Å²) in [6.07, 6.45) is 0.977. The molecule has 1 saturated heterocycles. The van der Waals surface area contributed by atoms with Gasteiger partial charge < -0.3 is 19.5 Å². The van der Waals surface area contributed by atoms with E-state index in [1.807, 2.05) is 51.9 Å². The SMILES string of the molecule is O=C(COc1ccccc1)N1C[C@@H]2C[C@H](C1)c1ccc(NCc3ccc(F)cc3)c(=O)n1C2. The number of piperidine rings is 1. The highest BCUT2D eigenvalue weighted by Crippen LogP contribution is 2.35. The second-order valence-corrected chi connectivity index (χ2v) is 8.77. The minimum Gasteiger partial charge on any atom is -0.484 e. The standard InChI is InChI=1S/C26H26FN3O3/c27-21-8-6-18(7-9-21)13-28-23-10-11-24-20-12-19(15-30(24)26(23)32)14-29(16-20)25(31)17-33-22-4-2-1-3-5-22/h1-11,19-20,28H,12-17H2/t19-,20+/m0/s1. The first-order chi connectivity index (χ1) is 16.1. The number of anilines is 1. The first-order valence-electron chi connectivity index (χ1n) is 11.2. The maximum Gasteiger partial charge on any atom is 0.274 e. The average Bonchev–Trinajstić information content (AvgIpc) is 2.84. The van der Waals surface area contributed by atoms with Gasteiger partial charge in [0.15, 0.2) is 6.61 Å². The lowest BCUT2D eigenvalue weighted by Crippen LogP contribution is -2.50. The lowest BCUT2D eigenvalue weighted by molar-refractivity contribution is -0.136. The number of carbonyl (C=O) groups is 1. The van der Waals surface area contributed by atoms with E-state index in [0.717, 1.165) is 17.7 Å². The quantitative estimate of drug-likeness (QED) is 0.627. The summed E-state index contributed by atoms with van der Waals surface area (Å²) in [4.78, 5) is 27.8. The number of para-hydroxylation sites is 1. The van der Waals surface area contributed by atoms with E-state index >= 15 is 0 Å². The van der Waals surface area contributed by atoms with Gasteiger partial charge in [0.05, 0.1) is 0 Å². The number of benzene rings is 2. The molecule has 1 amide bonds. The summed E-state index contributed by atoms with van der Waals surface area (Å²) in [6, 6.07) is 19.4. The second-order valence-electron chi connectivity index (χ2n) is 8.77. The third-order valence-electron chi connectivity index (χ3n) is 6.46. The number of rotatable bonds is 6. The molecule has 170 valence electrons. The van der Waals surface area contributed by atoms with Crippen LogP contribution in [0.3, 0.4) is 0 Å². The molecular formula is C26H26FN3O3. The van der Waals surface area contributed by atoms with Crippen LogP contribution in [0.4, 0.5) is 10.1 Å². The topological polar surface area (TPSA) is 63.6 Å². The third-order valence-corrected chi connectivity index (χ3v) is 6.46. The Morgan fingerprint density at radius 1 is 1.00 bits per heavy atom. The first-order valence-corrected chi connectivity index (χ1v) is 11.2. The largest absolute Gasteiger partial charge is 0.484 e. The Kier molecular flexibility index (Phi) is 5.86. The molecule has 0 saturated carbocycles. The van der Waals surface area contributed by atoms with Gasteiger partial charge in [-0.1, -0.05) is 30.3 Å². The number of halogens is 1. The number of likely N-dealkylation sites (tertiary alicyclic amines) is 1. The van der Waals surface area contributed by atoms with E-state index in [2.05, 4.69) is 5.32 Å². The normalized spacial score (nSPS) is 19.0. The van der Waals surface area contributed by atoms with Gasteiger partial charge in [-0.3, -0.25) is 9.59 Å². The summed E-state index contributed by atoms with van der Waals surface area (Å²) < 4.78 is 20.6. The molecule has 6 nitrogen and oxygen atoms in total. The molecular weight excluding hydrogens is 421 g/mol. The van der Waals surface area contributed by atoms with Crippen LogP contribution in [0.5, 0.6) is 5.75 Å². The molecule has 0 aliphatic carbocycles. The van der Waals surface area contributed by atoms with Crippen LogP contribution in [0.25, 0.3) is 0 Å². The Balaban J connectivity index is 1.26. The highest BCUT2D eigenvalue weighted by molar-refractivity contribution is 5.78. The zero-order chi connectivity index (χ0) is 22.8. The number of nitrogens with zero attached hydrogens (tertiary/aromatic N) is 2. The predicted molar refractivity (Wildman–Crippen MR) is 124 cm³/mol. The Labute approximate surface area is 191 Å². The molecule has 1 aromatic heterocycles. The summed E-state index contributed by atoms with van der Waals surface area (Å²) in [7, 11) is 0. The monoisotopic (exact) mass is 447 g/mol. The molecule has 2 aliphatic heterocycles. The lowest BCUT2D eigenvalue weighted by Gasteiger charge is -2.42. The maximum absolute atomic E-state index is 13.1. The van der Waals surface area contributed by atoms with Crippen molar-refractivity contribution in [1.82, 2.24) is 9.47 Å². The van der Waals surface area contributed by atoms with Crippen LogP contribution >= 0.6 is 0 Å². The fourth-order valence-corrected chi connectivity index (χ4v) is 4.84. The van der Waals surface area contributed by atoms with Gasteiger partial charge in [0.2, 0.25) is 0 Å². The predicted octanol–water partition coefficient (Wildman–Crippen LogP) is 3.62. The van der Waals surface area contributed by atoms with Crippen molar-refractivity contribution in [2.45, 2.75) is 25.4 Å². The molecule has 1 N–H and O–H groups in total. The van der Waals surface area contributed by atoms with Gasteiger partial charge in [-0.15, -0.1) is 0 Å². The minimum absolute atomic E-state index is 0.0164. The van der Waals surface area contributed by atoms with E-state index in [1.54, 1.807) is 12.1 Å². The van der Waals surface area contributed by atoms with E-state index in [9.17, 15) is 14.0 Å². The maximum atomic E-state index is 13.1. The number of amides is 1. The van der Waals surface area contributed by atoms with Gasteiger partial charge >= 0.3 is 0 Å². The molecule has 0 radical (unpaired) electrons. The molecule has 1 fully saturated rings. The third kappa shape index (κ3) is 4.62. The Morgan fingerprint density at radius 2 is 1.79 bits per heavy atom. The molecule has 2 bridgehead atoms. The van der Waals surface area contributed by atoms with Crippen molar-refractivity contribution in [3.05, 3.63) is 94.2 Å². The number of hydrogen-bond donors (Lipinski definition) is 1. The zero-order valence-corrected chi connectivity index (χ0v) is 18.2. The Bertz CT molecular complexity index is 1190. The van der Waals surface area contributed by atoms with Crippen LogP contribution in [-0.4, -0.2) is 35.1 Å². The van der Waals surface area contributed by atoms with Crippen LogP contribution in [0.1, 0.15) is 23.6 Å². The molecule has 3 aromatic rings. The number of aromatic nitrogens is 1. The van der Waals surface area contributed by atoms with Gasteiger partial charge in [0.1, 0.15) is 17.3 Å². The minimum atomic E-state index is -0.279. The number of fused-ring (bicyclic) bond motifs is 4. The van der Waals surface area contributed by atoms with Crippen molar-refractivity contribution in [2.75, 3.05) is 25.0 Å². The van der Waals surface area contributed by atoms with Crippen LogP contribution in [0.2, 0.25) is 0 Å². The lowest BCUT2D eigenvalue weighted by atomic mass is 9.83. The van der Waals surface area contributed by atoms with Crippen molar-refractivity contribution in [3.8, 4) is 5.75 Å². The van der Waals surface area contributed by atoms with Crippen LogP contribution in [0, 0.1) is 11.7 Å². The van der Waals surface area contributed by atoms with Gasteiger partial charge in [-0.2, -0.15) is 0 Å². The Hall–Kier alpha value is -3.61. The average molecular weight is 448 g/mol. The number of ether oxygens (including phenoxy) is 1. The number of nitrogens with one attached hydrogen (secondary N) is 1. The molecule has 0 spiro atoms. The van der Waals surface area contributed by atoms with Crippen molar-refractivity contribution in [1.29, 1.82) is 0 Å². The van der Waals surface area contributed by atoms with Crippen molar-refractivity contribution < 1.29 is 13.9 Å². The molecule has 2 aromatic carbocycles. The zero-order valence-electron chi connectivity index (χ0n) is 18.2. The first kappa shape index (κ1) is 21.2. The van der Waals surface area contributed by atoms with Gasteiger partial charge in [0, 0.05) is 37.8 Å². The molecule has 2 atom stereocenters. The van der Waals surface area contributed by atoms with Crippen LogP contribution < -0.4 is 15.6 Å². The summed E-state index contributed by atoms with van der Waals surface area (Å²) >= 11 is 0. The van der Waals surface area contributed by atoms with Crippen LogP contribution in [-0.2, 0) is 17.9 Å². The summed E-state index contributed by atoms with van der Waals surface area (Å²) in [5, 5.41) is 3.19. The molecule has 2 aliphatic rings. The van der Waals surface area contributed by atoms with E-state index in [0.29, 0.717) is 37.6 Å². The summed E-state index contributed by atoms with van der Waals surface area (Å²) in [6.45, 7) is 2.29. The van der Waals surface area contributed by atoms with E-state index in [4.69, 9.17) is 4.74 Å². The molecule has 7 heteroatoms. The number of pyridine rings is 1. The van der Waals surface area contributed by atoms with Crippen LogP contribution in [0.15, 0.2) is 71.5 Å². The van der Waals surface area contributed by atoms with Crippen molar-refractivity contribution in [3.63, 3.8) is 0 Å². The van der Waals surface area contributed by atoms with Gasteiger partial charge in [0.25, 0.3) is 11.5 Å². The molecule has 0 unspecified atom stereocenters. The number of hydrogen-bond acceptors (Lipinski definition) is 4. The van der Waals surface area contributed by atoms with Gasteiger partial charge in [-0.25, -0.2) is 4.39 Å². The van der Waals surface area contributed by atoms with E-state index < -0.39 is 0 Å². The molecule has 3 heterocycles. The summed E-state index contributed by atoms with van der Waals surface area (Å²) in [5.41, 5.74) is 2.37. The highest BCUT2D eigenvalue weighted by Gasteiger charge is 2.36. The second kappa shape index (κ2) is 9.10. The van der Waals surface area contributed by atoms with Gasteiger partial charge in [-0.05, 0) is 54.3 Å².